The largest absolute Gasteiger partial charge is 0.493 e. The molecule has 3 aromatic rings. The maximum Gasteiger partial charge on any atom is 0.417 e. The lowest BCUT2D eigenvalue weighted by molar-refractivity contribution is -0.138. The SMILES string of the molecule is COc1cccc2c1Oc1ccccc1N=C2N1CCN(C(=O)c2ccccc2C(F)(F)F)[C@@H](C)C1. The molecule has 2 aliphatic rings. The van der Waals surface area contributed by atoms with Crippen LogP contribution in [-0.2, 0) is 6.18 Å². The lowest BCUT2D eigenvalue weighted by Crippen LogP contribution is -2.55. The number of aliphatic imine (C=N–C) groups is 1. The number of methoxy groups -OCH3 is 1. The molecule has 5 rings (SSSR count). The Morgan fingerprint density at radius 1 is 1.03 bits per heavy atom. The van der Waals surface area contributed by atoms with Crippen LogP contribution in [0.1, 0.15) is 28.4 Å². The summed E-state index contributed by atoms with van der Waals surface area (Å²) in [4.78, 5) is 21.6. The highest BCUT2D eigenvalue weighted by Gasteiger charge is 2.38. The normalized spacial score (nSPS) is 17.4. The molecule has 1 amide bonds. The lowest BCUT2D eigenvalue weighted by Gasteiger charge is -2.41. The first-order valence-electron chi connectivity index (χ1n) is 11.5. The van der Waals surface area contributed by atoms with E-state index in [1.54, 1.807) is 7.11 Å². The Bertz CT molecular complexity index is 1340. The molecule has 36 heavy (non-hydrogen) atoms. The first-order valence-corrected chi connectivity index (χ1v) is 11.5. The van der Waals surface area contributed by atoms with Gasteiger partial charge in [-0.2, -0.15) is 13.2 Å². The molecule has 1 atom stereocenters. The number of halogens is 3. The smallest absolute Gasteiger partial charge is 0.417 e. The molecule has 3 aromatic carbocycles. The highest BCUT2D eigenvalue weighted by molar-refractivity contribution is 6.04. The average Bonchev–Trinajstić information content (AvgIpc) is 3.04. The number of fused-ring (bicyclic) bond motifs is 2. The molecule has 1 fully saturated rings. The molecule has 1 saturated heterocycles. The molecule has 186 valence electrons. The zero-order valence-corrected chi connectivity index (χ0v) is 19.7. The molecular weight excluding hydrogens is 471 g/mol. The van der Waals surface area contributed by atoms with Gasteiger partial charge in [-0.05, 0) is 43.3 Å². The highest BCUT2D eigenvalue weighted by Crippen LogP contribution is 2.43. The second-order valence-corrected chi connectivity index (χ2v) is 8.68. The second-order valence-electron chi connectivity index (χ2n) is 8.68. The van der Waals surface area contributed by atoms with Crippen LogP contribution in [0.5, 0.6) is 17.2 Å². The van der Waals surface area contributed by atoms with Crippen molar-refractivity contribution in [2.45, 2.75) is 19.1 Å². The molecule has 0 aliphatic carbocycles. The van der Waals surface area contributed by atoms with Crippen LogP contribution in [0, 0.1) is 0 Å². The van der Waals surface area contributed by atoms with Gasteiger partial charge < -0.3 is 19.3 Å². The van der Waals surface area contributed by atoms with Gasteiger partial charge in [0, 0.05) is 25.7 Å². The van der Waals surface area contributed by atoms with Crippen LogP contribution in [0.4, 0.5) is 18.9 Å². The molecule has 0 radical (unpaired) electrons. The number of para-hydroxylation sites is 3. The maximum absolute atomic E-state index is 13.5. The van der Waals surface area contributed by atoms with Gasteiger partial charge >= 0.3 is 6.18 Å². The van der Waals surface area contributed by atoms with Crippen molar-refractivity contribution in [3.05, 3.63) is 83.4 Å². The van der Waals surface area contributed by atoms with E-state index in [1.807, 2.05) is 54.3 Å². The standard InChI is InChI=1S/C27H24F3N3O3/c1-17-16-32(14-15-33(17)26(34)18-8-3-4-10-20(18)27(28,29)30)25-19-9-7-13-23(35-2)24(19)36-22-12-6-5-11-21(22)31-25/h3-13,17H,14-16H2,1-2H3/t17-/m0/s1. The summed E-state index contributed by atoms with van der Waals surface area (Å²) in [6, 6.07) is 17.5. The molecule has 9 heteroatoms. The number of piperazine rings is 1. The fourth-order valence-electron chi connectivity index (χ4n) is 4.64. The zero-order valence-electron chi connectivity index (χ0n) is 19.7. The van der Waals surface area contributed by atoms with Crippen molar-refractivity contribution in [3.63, 3.8) is 0 Å². The van der Waals surface area contributed by atoms with Crippen LogP contribution in [-0.4, -0.2) is 54.3 Å². The van der Waals surface area contributed by atoms with Crippen molar-refractivity contribution in [2.24, 2.45) is 4.99 Å². The van der Waals surface area contributed by atoms with E-state index in [2.05, 4.69) is 0 Å². The number of carbonyl (C=O) groups is 1. The van der Waals surface area contributed by atoms with Crippen molar-refractivity contribution in [1.82, 2.24) is 9.80 Å². The minimum Gasteiger partial charge on any atom is -0.493 e. The van der Waals surface area contributed by atoms with Gasteiger partial charge in [-0.15, -0.1) is 0 Å². The van der Waals surface area contributed by atoms with E-state index in [0.29, 0.717) is 41.9 Å². The Morgan fingerprint density at radius 3 is 2.53 bits per heavy atom. The lowest BCUT2D eigenvalue weighted by atomic mass is 10.0. The predicted octanol–water partition coefficient (Wildman–Crippen LogP) is 5.74. The molecule has 0 aromatic heterocycles. The van der Waals surface area contributed by atoms with E-state index in [4.69, 9.17) is 14.5 Å². The van der Waals surface area contributed by atoms with Crippen molar-refractivity contribution in [1.29, 1.82) is 0 Å². The quantitative estimate of drug-likeness (QED) is 0.455. The van der Waals surface area contributed by atoms with E-state index in [-0.39, 0.29) is 18.2 Å². The first kappa shape index (κ1) is 23.7. The van der Waals surface area contributed by atoms with E-state index in [1.165, 1.54) is 23.1 Å². The van der Waals surface area contributed by atoms with Gasteiger partial charge in [-0.3, -0.25) is 4.79 Å². The summed E-state index contributed by atoms with van der Waals surface area (Å²) in [5, 5.41) is 0. The fraction of sp³-hybridized carbons (Fsp3) is 0.259. The van der Waals surface area contributed by atoms with Gasteiger partial charge in [0.1, 0.15) is 11.5 Å². The summed E-state index contributed by atoms with van der Waals surface area (Å²) in [6.45, 7) is 2.85. The number of amidine groups is 1. The van der Waals surface area contributed by atoms with Gasteiger partial charge in [0.2, 0.25) is 0 Å². The van der Waals surface area contributed by atoms with Gasteiger partial charge in [0.05, 0.1) is 23.8 Å². The molecule has 6 nitrogen and oxygen atoms in total. The van der Waals surface area contributed by atoms with Crippen LogP contribution in [0.3, 0.4) is 0 Å². The number of nitrogens with zero attached hydrogens (tertiary/aromatic N) is 3. The van der Waals surface area contributed by atoms with Crippen molar-refractivity contribution >= 4 is 17.4 Å². The number of alkyl halides is 3. The maximum atomic E-state index is 13.5. The molecule has 0 unspecified atom stereocenters. The van der Waals surface area contributed by atoms with Crippen LogP contribution < -0.4 is 9.47 Å². The summed E-state index contributed by atoms with van der Waals surface area (Å²) in [5.41, 5.74) is 0.123. The first-order chi connectivity index (χ1) is 17.3. The van der Waals surface area contributed by atoms with E-state index in [0.717, 1.165) is 11.6 Å². The predicted molar refractivity (Wildman–Crippen MR) is 129 cm³/mol. The summed E-state index contributed by atoms with van der Waals surface area (Å²) in [7, 11) is 1.57. The molecule has 0 spiro atoms. The minimum atomic E-state index is -4.61. The number of hydrogen-bond acceptors (Lipinski definition) is 5. The van der Waals surface area contributed by atoms with E-state index < -0.39 is 17.6 Å². The number of carbonyl (C=O) groups excluding carboxylic acids is 1. The van der Waals surface area contributed by atoms with Crippen LogP contribution in [0.2, 0.25) is 0 Å². The Labute approximate surface area is 206 Å². The second kappa shape index (κ2) is 9.22. The fourth-order valence-corrected chi connectivity index (χ4v) is 4.64. The zero-order chi connectivity index (χ0) is 25.4. The molecule has 0 N–H and O–H groups in total. The average molecular weight is 496 g/mol. The Kier molecular flexibility index (Phi) is 6.07. The molecule has 2 aliphatic heterocycles. The van der Waals surface area contributed by atoms with Gasteiger partial charge in [-0.1, -0.05) is 30.3 Å². The molecule has 0 bridgehead atoms. The highest BCUT2D eigenvalue weighted by atomic mass is 19.4. The Morgan fingerprint density at radius 2 is 1.78 bits per heavy atom. The van der Waals surface area contributed by atoms with E-state index in [9.17, 15) is 18.0 Å². The monoisotopic (exact) mass is 495 g/mol. The third kappa shape index (κ3) is 4.25. The van der Waals surface area contributed by atoms with Gasteiger partial charge in [-0.25, -0.2) is 4.99 Å². The number of ether oxygens (including phenoxy) is 2. The minimum absolute atomic E-state index is 0.243. The van der Waals surface area contributed by atoms with Crippen LogP contribution in [0.25, 0.3) is 0 Å². The number of rotatable bonds is 2. The Hall–Kier alpha value is -4.01. The van der Waals surface area contributed by atoms with Crippen molar-refractivity contribution < 1.29 is 27.4 Å². The van der Waals surface area contributed by atoms with E-state index >= 15 is 0 Å². The molecule has 2 heterocycles. The Balaban J connectivity index is 1.47. The molecule has 0 saturated carbocycles. The number of benzene rings is 3. The third-order valence-corrected chi connectivity index (χ3v) is 6.39. The number of amides is 1. The van der Waals surface area contributed by atoms with Gasteiger partial charge in [0.25, 0.3) is 5.91 Å². The summed E-state index contributed by atoms with van der Waals surface area (Å²) in [5.74, 6) is 1.71. The molecular formula is C27H24F3N3O3. The topological polar surface area (TPSA) is 54.4 Å². The third-order valence-electron chi connectivity index (χ3n) is 6.39. The van der Waals surface area contributed by atoms with Crippen molar-refractivity contribution in [3.8, 4) is 17.2 Å². The van der Waals surface area contributed by atoms with Crippen LogP contribution >= 0.6 is 0 Å². The van der Waals surface area contributed by atoms with Gasteiger partial charge in [0.15, 0.2) is 17.2 Å². The van der Waals surface area contributed by atoms with Crippen molar-refractivity contribution in [2.75, 3.05) is 26.7 Å². The summed E-state index contributed by atoms with van der Waals surface area (Å²) < 4.78 is 52.3. The van der Waals surface area contributed by atoms with Crippen LogP contribution in [0.15, 0.2) is 71.7 Å². The number of hydrogen-bond donors (Lipinski definition) is 0. The summed E-state index contributed by atoms with van der Waals surface area (Å²) >= 11 is 0. The summed E-state index contributed by atoms with van der Waals surface area (Å²) in [6.07, 6.45) is -4.61.